The van der Waals surface area contributed by atoms with Crippen molar-refractivity contribution < 1.29 is 19.1 Å². The number of rotatable bonds is 6. The standard InChI is InChI=1S/C18H15BrCl3NO4/c1-9-14(5-4-12(19)17(9)22)23-16(24)8-26-18(25)10(2)27-15-6-3-11(20)7-13(15)21/h3-7,10H,8H2,1-2H3,(H,23,24)/t10-/m0/s1. The first-order chi connectivity index (χ1) is 12.7. The van der Waals surface area contributed by atoms with E-state index in [9.17, 15) is 9.59 Å². The van der Waals surface area contributed by atoms with Gasteiger partial charge in [0, 0.05) is 15.2 Å². The predicted octanol–water partition coefficient (Wildman–Crippen LogP) is 5.67. The average Bonchev–Trinajstić information content (AvgIpc) is 2.62. The number of benzene rings is 2. The number of anilines is 1. The lowest BCUT2D eigenvalue weighted by Crippen LogP contribution is -2.30. The highest BCUT2D eigenvalue weighted by molar-refractivity contribution is 9.10. The monoisotopic (exact) mass is 493 g/mol. The molecule has 0 bridgehead atoms. The zero-order chi connectivity index (χ0) is 20.1. The Bertz CT molecular complexity index is 876. The van der Waals surface area contributed by atoms with Gasteiger partial charge in [0.15, 0.2) is 12.7 Å². The van der Waals surface area contributed by atoms with Gasteiger partial charge in [-0.05, 0) is 65.7 Å². The lowest BCUT2D eigenvalue weighted by atomic mass is 10.2. The van der Waals surface area contributed by atoms with Crippen LogP contribution in [-0.4, -0.2) is 24.6 Å². The van der Waals surface area contributed by atoms with Crippen molar-refractivity contribution in [1.82, 2.24) is 0 Å². The lowest BCUT2D eigenvalue weighted by Gasteiger charge is -2.15. The molecule has 0 saturated carbocycles. The summed E-state index contributed by atoms with van der Waals surface area (Å²) in [6.45, 7) is 2.79. The lowest BCUT2D eigenvalue weighted by molar-refractivity contribution is -0.153. The molecule has 1 N–H and O–H groups in total. The van der Waals surface area contributed by atoms with E-state index in [4.69, 9.17) is 44.3 Å². The van der Waals surface area contributed by atoms with Gasteiger partial charge in [-0.3, -0.25) is 4.79 Å². The van der Waals surface area contributed by atoms with E-state index in [0.717, 1.165) is 4.47 Å². The fraction of sp³-hybridized carbons (Fsp3) is 0.222. The second-order valence-electron chi connectivity index (χ2n) is 5.52. The molecule has 5 nitrogen and oxygen atoms in total. The van der Waals surface area contributed by atoms with Crippen LogP contribution >= 0.6 is 50.7 Å². The van der Waals surface area contributed by atoms with E-state index in [1.165, 1.54) is 13.0 Å². The minimum absolute atomic E-state index is 0.266. The first kappa shape index (κ1) is 21.8. The van der Waals surface area contributed by atoms with Crippen LogP contribution in [0.15, 0.2) is 34.8 Å². The predicted molar refractivity (Wildman–Crippen MR) is 110 cm³/mol. The van der Waals surface area contributed by atoms with Gasteiger partial charge in [-0.15, -0.1) is 0 Å². The average molecular weight is 496 g/mol. The molecule has 2 aromatic rings. The fourth-order valence-corrected chi connectivity index (χ4v) is 3.08. The minimum Gasteiger partial charge on any atom is -0.477 e. The van der Waals surface area contributed by atoms with Crippen molar-refractivity contribution in [3.63, 3.8) is 0 Å². The van der Waals surface area contributed by atoms with Gasteiger partial charge in [-0.2, -0.15) is 0 Å². The molecule has 0 heterocycles. The Morgan fingerprint density at radius 2 is 1.89 bits per heavy atom. The summed E-state index contributed by atoms with van der Waals surface area (Å²) >= 11 is 21.2. The third-order valence-corrected chi connectivity index (χ3v) is 5.40. The van der Waals surface area contributed by atoms with Crippen LogP contribution in [0, 0.1) is 6.92 Å². The smallest absolute Gasteiger partial charge is 0.347 e. The Morgan fingerprint density at radius 1 is 1.19 bits per heavy atom. The van der Waals surface area contributed by atoms with E-state index in [2.05, 4.69) is 21.2 Å². The van der Waals surface area contributed by atoms with Gasteiger partial charge in [0.05, 0.1) is 10.0 Å². The quantitative estimate of drug-likeness (QED) is 0.525. The highest BCUT2D eigenvalue weighted by Crippen LogP contribution is 2.31. The Morgan fingerprint density at radius 3 is 2.56 bits per heavy atom. The molecular weight excluding hydrogens is 480 g/mol. The van der Waals surface area contributed by atoms with Crippen LogP contribution in [0.3, 0.4) is 0 Å². The van der Waals surface area contributed by atoms with Crippen LogP contribution < -0.4 is 10.1 Å². The minimum atomic E-state index is -0.958. The van der Waals surface area contributed by atoms with Crippen molar-refractivity contribution in [3.8, 4) is 5.75 Å². The normalized spacial score (nSPS) is 11.6. The van der Waals surface area contributed by atoms with Crippen LogP contribution in [0.25, 0.3) is 0 Å². The molecule has 0 aliphatic heterocycles. The zero-order valence-electron chi connectivity index (χ0n) is 14.3. The summed E-state index contributed by atoms with van der Waals surface area (Å²) < 4.78 is 11.1. The molecule has 0 spiro atoms. The van der Waals surface area contributed by atoms with Crippen molar-refractivity contribution in [2.75, 3.05) is 11.9 Å². The van der Waals surface area contributed by atoms with Crippen LogP contribution in [0.2, 0.25) is 15.1 Å². The van der Waals surface area contributed by atoms with Crippen LogP contribution in [0.1, 0.15) is 12.5 Å². The number of nitrogens with one attached hydrogen (secondary N) is 1. The number of carbonyl (C=O) groups excluding carboxylic acids is 2. The number of carbonyl (C=O) groups is 2. The summed E-state index contributed by atoms with van der Waals surface area (Å²) in [6.07, 6.45) is -0.958. The van der Waals surface area contributed by atoms with Crippen molar-refractivity contribution in [2.24, 2.45) is 0 Å². The summed E-state index contributed by atoms with van der Waals surface area (Å²) in [5, 5.41) is 3.84. The van der Waals surface area contributed by atoms with Crippen LogP contribution in [-0.2, 0) is 14.3 Å². The van der Waals surface area contributed by atoms with Crippen LogP contribution in [0.4, 0.5) is 5.69 Å². The summed E-state index contributed by atoms with van der Waals surface area (Å²) in [5.74, 6) is -0.918. The summed E-state index contributed by atoms with van der Waals surface area (Å²) in [5.41, 5.74) is 1.22. The molecule has 2 aromatic carbocycles. The first-order valence-electron chi connectivity index (χ1n) is 7.72. The Balaban J connectivity index is 1.89. The van der Waals surface area contributed by atoms with Gasteiger partial charge in [-0.25, -0.2) is 4.79 Å². The van der Waals surface area contributed by atoms with E-state index in [0.29, 0.717) is 21.3 Å². The maximum atomic E-state index is 12.0. The molecule has 9 heteroatoms. The van der Waals surface area contributed by atoms with Gasteiger partial charge in [0.25, 0.3) is 5.91 Å². The first-order valence-corrected chi connectivity index (χ1v) is 9.64. The van der Waals surface area contributed by atoms with Crippen molar-refractivity contribution >= 4 is 68.3 Å². The summed E-state index contributed by atoms with van der Waals surface area (Å²) in [7, 11) is 0. The number of amides is 1. The molecule has 0 saturated heterocycles. The number of esters is 1. The second-order valence-corrected chi connectivity index (χ2v) is 7.60. The van der Waals surface area contributed by atoms with Gasteiger partial charge in [-0.1, -0.05) is 34.8 Å². The molecule has 0 fully saturated rings. The second kappa shape index (κ2) is 9.64. The number of hydrogen-bond donors (Lipinski definition) is 1. The number of ether oxygens (including phenoxy) is 2. The molecule has 1 atom stereocenters. The van der Waals surface area contributed by atoms with Gasteiger partial charge in [0.2, 0.25) is 0 Å². The molecule has 27 heavy (non-hydrogen) atoms. The Hall–Kier alpha value is -1.47. The molecule has 0 unspecified atom stereocenters. The van der Waals surface area contributed by atoms with Gasteiger partial charge >= 0.3 is 5.97 Å². The maximum absolute atomic E-state index is 12.0. The number of halogens is 4. The van der Waals surface area contributed by atoms with Gasteiger partial charge < -0.3 is 14.8 Å². The molecule has 0 aromatic heterocycles. The molecule has 2 rings (SSSR count). The SMILES string of the molecule is Cc1c(NC(=O)COC(=O)[C@H](C)Oc2ccc(Cl)cc2Cl)ccc(Br)c1Cl. The Kier molecular flexibility index (Phi) is 7.79. The molecule has 0 aliphatic carbocycles. The molecule has 144 valence electrons. The zero-order valence-corrected chi connectivity index (χ0v) is 18.2. The van der Waals surface area contributed by atoms with Crippen molar-refractivity contribution in [2.45, 2.75) is 20.0 Å². The van der Waals surface area contributed by atoms with Gasteiger partial charge in [0.1, 0.15) is 5.75 Å². The summed E-state index contributed by atoms with van der Waals surface area (Å²) in [4.78, 5) is 24.0. The van der Waals surface area contributed by atoms with Crippen molar-refractivity contribution in [1.29, 1.82) is 0 Å². The van der Waals surface area contributed by atoms with Crippen LogP contribution in [0.5, 0.6) is 5.75 Å². The topological polar surface area (TPSA) is 64.6 Å². The molecule has 0 radical (unpaired) electrons. The highest BCUT2D eigenvalue weighted by Gasteiger charge is 2.19. The van der Waals surface area contributed by atoms with E-state index >= 15 is 0 Å². The molecule has 0 aliphatic rings. The third kappa shape index (κ3) is 6.01. The third-order valence-electron chi connectivity index (χ3n) is 3.49. The fourth-order valence-electron chi connectivity index (χ4n) is 2.04. The Labute approximate surface area is 180 Å². The molecular formula is C18H15BrCl3NO4. The van der Waals surface area contributed by atoms with E-state index in [1.54, 1.807) is 31.2 Å². The largest absolute Gasteiger partial charge is 0.477 e. The maximum Gasteiger partial charge on any atom is 0.347 e. The van der Waals surface area contributed by atoms with E-state index < -0.39 is 24.6 Å². The number of hydrogen-bond acceptors (Lipinski definition) is 4. The van der Waals surface area contributed by atoms with E-state index in [-0.39, 0.29) is 10.8 Å². The highest BCUT2D eigenvalue weighted by atomic mass is 79.9. The van der Waals surface area contributed by atoms with E-state index in [1.807, 2.05) is 0 Å². The summed E-state index contributed by atoms with van der Waals surface area (Å²) in [6, 6.07) is 8.03. The molecule has 1 amide bonds. The van der Waals surface area contributed by atoms with Crippen molar-refractivity contribution in [3.05, 3.63) is 55.4 Å².